The number of hydrogen-bond donors (Lipinski definition) is 3. The van der Waals surface area contributed by atoms with Crippen LogP contribution in [-0.2, 0) is 13.1 Å². The minimum atomic E-state index is -0.155. The average molecular weight is 434 g/mol. The van der Waals surface area contributed by atoms with Gasteiger partial charge in [0.1, 0.15) is 5.76 Å². The number of benzene rings is 2. The number of amides is 1. The van der Waals surface area contributed by atoms with Crippen LogP contribution in [0.5, 0.6) is 11.5 Å². The molecule has 0 radical (unpaired) electrons. The van der Waals surface area contributed by atoms with Crippen molar-refractivity contribution in [2.75, 3.05) is 25.6 Å². The maximum absolute atomic E-state index is 12.4. The number of anilines is 1. The van der Waals surface area contributed by atoms with E-state index in [0.717, 1.165) is 29.2 Å². The van der Waals surface area contributed by atoms with Crippen LogP contribution in [0.2, 0.25) is 0 Å². The first kappa shape index (κ1) is 21.3. The van der Waals surface area contributed by atoms with Gasteiger partial charge in [-0.1, -0.05) is 12.1 Å². The molecule has 1 aromatic heterocycles. The topological polar surface area (TPSA) is 97.1 Å². The molecule has 32 heavy (non-hydrogen) atoms. The predicted octanol–water partition coefficient (Wildman–Crippen LogP) is 3.56. The Morgan fingerprint density at radius 2 is 1.84 bits per heavy atom. The number of nitrogens with zero attached hydrogens (tertiary/aromatic N) is 1. The van der Waals surface area contributed by atoms with Crippen molar-refractivity contribution < 1.29 is 18.7 Å². The van der Waals surface area contributed by atoms with Crippen molar-refractivity contribution in [3.8, 4) is 11.5 Å². The molecule has 1 aliphatic heterocycles. The number of nitrogens with one attached hydrogen (secondary N) is 3. The molecule has 0 spiro atoms. The number of aliphatic imine (C=N–C) groups is 1. The number of hydrogen-bond acceptors (Lipinski definition) is 5. The number of guanidine groups is 1. The monoisotopic (exact) mass is 434 g/mol. The lowest BCUT2D eigenvalue weighted by atomic mass is 10.1. The third-order valence-electron chi connectivity index (χ3n) is 4.89. The van der Waals surface area contributed by atoms with E-state index in [-0.39, 0.29) is 5.91 Å². The zero-order chi connectivity index (χ0) is 22.2. The van der Waals surface area contributed by atoms with E-state index in [4.69, 9.17) is 13.9 Å². The Kier molecular flexibility index (Phi) is 6.91. The predicted molar refractivity (Wildman–Crippen MR) is 122 cm³/mol. The summed E-state index contributed by atoms with van der Waals surface area (Å²) < 4.78 is 16.7. The van der Waals surface area contributed by atoms with Crippen LogP contribution in [0.25, 0.3) is 0 Å². The molecular weight excluding hydrogens is 408 g/mol. The highest BCUT2D eigenvalue weighted by Gasteiger charge is 2.12. The smallest absolute Gasteiger partial charge is 0.251 e. The molecule has 8 heteroatoms. The number of carbonyl (C=O) groups excluding carboxylic acids is 1. The van der Waals surface area contributed by atoms with Crippen LogP contribution in [-0.4, -0.2) is 32.1 Å². The van der Waals surface area contributed by atoms with E-state index in [0.29, 0.717) is 43.6 Å². The van der Waals surface area contributed by atoms with Crippen molar-refractivity contribution in [2.24, 2.45) is 4.99 Å². The molecule has 0 unspecified atom stereocenters. The molecule has 1 aliphatic rings. The zero-order valence-electron chi connectivity index (χ0n) is 17.9. The third kappa shape index (κ3) is 5.60. The van der Waals surface area contributed by atoms with E-state index >= 15 is 0 Å². The van der Waals surface area contributed by atoms with Crippen molar-refractivity contribution >= 4 is 17.6 Å². The molecule has 3 aromatic rings. The van der Waals surface area contributed by atoms with Crippen LogP contribution >= 0.6 is 0 Å². The van der Waals surface area contributed by atoms with E-state index < -0.39 is 0 Å². The Bertz CT molecular complexity index is 1080. The second-order valence-electron chi connectivity index (χ2n) is 7.23. The highest BCUT2D eigenvalue weighted by atomic mass is 16.5. The summed E-state index contributed by atoms with van der Waals surface area (Å²) in [5, 5.41) is 9.38. The summed E-state index contributed by atoms with van der Waals surface area (Å²) >= 11 is 0. The van der Waals surface area contributed by atoms with Crippen molar-refractivity contribution in [3.63, 3.8) is 0 Å². The number of carbonyl (C=O) groups is 1. The fourth-order valence-electron chi connectivity index (χ4n) is 3.25. The lowest BCUT2D eigenvalue weighted by Gasteiger charge is -2.14. The lowest BCUT2D eigenvalue weighted by Crippen LogP contribution is -2.30. The molecule has 1 amide bonds. The van der Waals surface area contributed by atoms with Gasteiger partial charge in [-0.15, -0.1) is 0 Å². The molecule has 0 bridgehead atoms. The van der Waals surface area contributed by atoms with E-state index in [9.17, 15) is 4.79 Å². The summed E-state index contributed by atoms with van der Waals surface area (Å²) in [6.45, 7) is 2.14. The Morgan fingerprint density at radius 3 is 2.66 bits per heavy atom. The summed E-state index contributed by atoms with van der Waals surface area (Å²) in [4.78, 5) is 16.7. The standard InChI is InChI=1S/C24H26N4O4/c1-25-24(28-19-8-9-21-22(14-19)32-12-4-11-31-21)27-15-17-5-2-6-18(13-17)23(29)26-16-20-7-3-10-30-20/h2-3,5-10,13-14H,4,11-12,15-16H2,1H3,(H,26,29)(H2,25,27,28). The molecule has 0 saturated carbocycles. The van der Waals surface area contributed by atoms with Crippen LogP contribution in [0, 0.1) is 0 Å². The molecule has 2 heterocycles. The maximum Gasteiger partial charge on any atom is 0.251 e. The van der Waals surface area contributed by atoms with E-state index in [2.05, 4.69) is 20.9 Å². The minimum absolute atomic E-state index is 0.155. The Balaban J connectivity index is 1.33. The number of ether oxygens (including phenoxy) is 2. The van der Waals surface area contributed by atoms with Gasteiger partial charge in [0.15, 0.2) is 17.5 Å². The molecule has 0 saturated heterocycles. The summed E-state index contributed by atoms with van der Waals surface area (Å²) in [7, 11) is 1.71. The molecular formula is C24H26N4O4. The summed E-state index contributed by atoms with van der Waals surface area (Å²) in [5.74, 6) is 2.63. The summed E-state index contributed by atoms with van der Waals surface area (Å²) in [6.07, 6.45) is 2.45. The molecule has 0 fully saturated rings. The van der Waals surface area contributed by atoms with Crippen molar-refractivity contribution in [1.29, 1.82) is 0 Å². The van der Waals surface area contributed by atoms with Gasteiger partial charge in [-0.25, -0.2) is 0 Å². The summed E-state index contributed by atoms with van der Waals surface area (Å²) in [5.41, 5.74) is 2.38. The second-order valence-corrected chi connectivity index (χ2v) is 7.23. The van der Waals surface area contributed by atoms with Gasteiger partial charge in [-0.3, -0.25) is 9.79 Å². The van der Waals surface area contributed by atoms with Gasteiger partial charge < -0.3 is 29.8 Å². The zero-order valence-corrected chi connectivity index (χ0v) is 17.9. The largest absolute Gasteiger partial charge is 0.490 e. The molecule has 0 atom stereocenters. The maximum atomic E-state index is 12.4. The van der Waals surface area contributed by atoms with Crippen LogP contribution in [0.4, 0.5) is 5.69 Å². The Hall–Kier alpha value is -3.94. The molecule has 3 N–H and O–H groups in total. The first-order valence-electron chi connectivity index (χ1n) is 10.5. The Morgan fingerprint density at radius 1 is 0.969 bits per heavy atom. The van der Waals surface area contributed by atoms with Crippen LogP contribution in [0.15, 0.2) is 70.3 Å². The van der Waals surface area contributed by atoms with E-state index in [1.54, 1.807) is 25.4 Å². The molecule has 0 aliphatic carbocycles. The molecule has 2 aromatic carbocycles. The van der Waals surface area contributed by atoms with Crippen molar-refractivity contribution in [3.05, 3.63) is 77.7 Å². The molecule has 8 nitrogen and oxygen atoms in total. The highest BCUT2D eigenvalue weighted by molar-refractivity contribution is 5.95. The first-order chi connectivity index (χ1) is 15.7. The molecule has 166 valence electrons. The van der Waals surface area contributed by atoms with Gasteiger partial charge in [-0.2, -0.15) is 0 Å². The van der Waals surface area contributed by atoms with Crippen molar-refractivity contribution in [2.45, 2.75) is 19.5 Å². The Labute approximate surface area is 186 Å². The first-order valence-corrected chi connectivity index (χ1v) is 10.5. The lowest BCUT2D eigenvalue weighted by molar-refractivity contribution is 0.0948. The second kappa shape index (κ2) is 10.4. The number of furan rings is 1. The van der Waals surface area contributed by atoms with Gasteiger partial charge in [0, 0.05) is 37.3 Å². The fraction of sp³-hybridized carbons (Fsp3) is 0.250. The third-order valence-corrected chi connectivity index (χ3v) is 4.89. The van der Waals surface area contributed by atoms with Gasteiger partial charge in [-0.05, 0) is 42.0 Å². The van der Waals surface area contributed by atoms with Crippen LogP contribution in [0.3, 0.4) is 0 Å². The number of fused-ring (bicyclic) bond motifs is 1. The van der Waals surface area contributed by atoms with E-state index in [1.165, 1.54) is 0 Å². The number of rotatable bonds is 6. The SMILES string of the molecule is CN=C(NCc1cccc(C(=O)NCc2ccco2)c1)Nc1ccc2c(c1)OCCCO2. The van der Waals surface area contributed by atoms with Gasteiger partial charge in [0.05, 0.1) is 26.0 Å². The van der Waals surface area contributed by atoms with Crippen molar-refractivity contribution in [1.82, 2.24) is 10.6 Å². The average Bonchev–Trinajstić information content (AvgIpc) is 3.24. The van der Waals surface area contributed by atoms with Gasteiger partial charge >= 0.3 is 0 Å². The van der Waals surface area contributed by atoms with Crippen LogP contribution < -0.4 is 25.4 Å². The van der Waals surface area contributed by atoms with E-state index in [1.807, 2.05) is 42.5 Å². The van der Waals surface area contributed by atoms with Crippen LogP contribution in [0.1, 0.15) is 28.1 Å². The fourth-order valence-corrected chi connectivity index (χ4v) is 3.25. The minimum Gasteiger partial charge on any atom is -0.490 e. The normalized spacial score (nSPS) is 13.2. The van der Waals surface area contributed by atoms with Gasteiger partial charge in [0.25, 0.3) is 5.91 Å². The molecule has 4 rings (SSSR count). The summed E-state index contributed by atoms with van der Waals surface area (Å²) in [6, 6.07) is 16.8. The highest BCUT2D eigenvalue weighted by Crippen LogP contribution is 2.32. The quantitative estimate of drug-likeness (QED) is 0.406. The van der Waals surface area contributed by atoms with Gasteiger partial charge in [0.2, 0.25) is 0 Å².